The molecule has 1 aliphatic heterocycles. The summed E-state index contributed by atoms with van der Waals surface area (Å²) in [6, 6.07) is 21.8. The highest BCUT2D eigenvalue weighted by molar-refractivity contribution is 6.46. The van der Waals surface area contributed by atoms with E-state index in [9.17, 15) is 9.59 Å². The van der Waals surface area contributed by atoms with Gasteiger partial charge in [0.2, 0.25) is 0 Å². The first kappa shape index (κ1) is 19.0. The van der Waals surface area contributed by atoms with Crippen LogP contribution in [0.4, 0.5) is 11.4 Å². The van der Waals surface area contributed by atoms with Gasteiger partial charge < -0.3 is 5.32 Å². The van der Waals surface area contributed by atoms with Crippen LogP contribution in [0.2, 0.25) is 5.02 Å². The number of para-hydroxylation sites is 1. The first-order valence-corrected chi connectivity index (χ1v) is 9.62. The third-order valence-corrected chi connectivity index (χ3v) is 5.12. The molecule has 4 rings (SSSR count). The zero-order valence-electron chi connectivity index (χ0n) is 16.1. The fraction of sp³-hybridized carbons (Fsp3) is 0.0833. The number of carbonyl (C=O) groups excluding carboxylic acids is 2. The van der Waals surface area contributed by atoms with Crippen LogP contribution in [0.3, 0.4) is 0 Å². The summed E-state index contributed by atoms with van der Waals surface area (Å²) in [5, 5.41) is 3.78. The summed E-state index contributed by atoms with van der Waals surface area (Å²) in [6.45, 7) is 3.98. The average molecular weight is 403 g/mol. The predicted molar refractivity (Wildman–Crippen MR) is 117 cm³/mol. The van der Waals surface area contributed by atoms with Crippen molar-refractivity contribution in [2.75, 3.05) is 10.2 Å². The number of anilines is 2. The molecule has 1 aliphatic rings. The van der Waals surface area contributed by atoms with E-state index in [0.29, 0.717) is 21.8 Å². The molecule has 5 heteroatoms. The van der Waals surface area contributed by atoms with Crippen LogP contribution in [0.1, 0.15) is 16.7 Å². The highest BCUT2D eigenvalue weighted by Gasteiger charge is 2.40. The van der Waals surface area contributed by atoms with Crippen molar-refractivity contribution in [2.45, 2.75) is 13.8 Å². The van der Waals surface area contributed by atoms with Gasteiger partial charge in [0, 0.05) is 10.7 Å². The number of hydrogen-bond donors (Lipinski definition) is 1. The lowest BCUT2D eigenvalue weighted by molar-refractivity contribution is -0.120. The molecule has 3 aromatic rings. The van der Waals surface area contributed by atoms with E-state index in [1.165, 1.54) is 4.90 Å². The average Bonchev–Trinajstić information content (AvgIpc) is 2.95. The maximum absolute atomic E-state index is 13.3. The van der Waals surface area contributed by atoms with Crippen LogP contribution in [0.25, 0.3) is 5.57 Å². The summed E-state index contributed by atoms with van der Waals surface area (Å²) < 4.78 is 0. The molecule has 2 amide bonds. The summed E-state index contributed by atoms with van der Waals surface area (Å²) in [5.74, 6) is -0.748. The van der Waals surface area contributed by atoms with Gasteiger partial charge in [0.1, 0.15) is 5.70 Å². The molecule has 0 unspecified atom stereocenters. The van der Waals surface area contributed by atoms with Gasteiger partial charge in [-0.3, -0.25) is 9.59 Å². The van der Waals surface area contributed by atoms with Gasteiger partial charge in [0.25, 0.3) is 11.8 Å². The number of nitrogens with one attached hydrogen (secondary N) is 1. The smallest absolute Gasteiger partial charge is 0.282 e. The summed E-state index contributed by atoms with van der Waals surface area (Å²) >= 11 is 6.02. The lowest BCUT2D eigenvalue weighted by Gasteiger charge is -2.15. The van der Waals surface area contributed by atoms with Crippen molar-refractivity contribution in [3.05, 3.63) is 100 Å². The van der Waals surface area contributed by atoms with Gasteiger partial charge in [0.15, 0.2) is 0 Å². The largest absolute Gasteiger partial charge is 0.350 e. The molecule has 144 valence electrons. The monoisotopic (exact) mass is 402 g/mol. The highest BCUT2D eigenvalue weighted by Crippen LogP contribution is 2.34. The number of carbonyl (C=O) groups is 2. The summed E-state index contributed by atoms with van der Waals surface area (Å²) in [4.78, 5) is 27.8. The molecule has 0 bridgehead atoms. The van der Waals surface area contributed by atoms with Crippen LogP contribution in [0.15, 0.2) is 78.5 Å². The number of amides is 2. The third kappa shape index (κ3) is 3.55. The minimum absolute atomic E-state index is 0.258. The Labute approximate surface area is 174 Å². The zero-order chi connectivity index (χ0) is 20.5. The Morgan fingerprint density at radius 2 is 1.52 bits per heavy atom. The molecule has 0 saturated heterocycles. The van der Waals surface area contributed by atoms with Gasteiger partial charge >= 0.3 is 0 Å². The van der Waals surface area contributed by atoms with Gasteiger partial charge in [-0.2, -0.15) is 0 Å². The van der Waals surface area contributed by atoms with Crippen molar-refractivity contribution in [2.24, 2.45) is 0 Å². The third-order valence-electron chi connectivity index (χ3n) is 4.87. The molecular weight excluding hydrogens is 384 g/mol. The number of aryl methyl sites for hydroxylation is 2. The zero-order valence-corrected chi connectivity index (χ0v) is 16.8. The van der Waals surface area contributed by atoms with E-state index < -0.39 is 0 Å². The van der Waals surface area contributed by atoms with E-state index in [0.717, 1.165) is 16.8 Å². The molecule has 3 aromatic carbocycles. The molecule has 0 aromatic heterocycles. The lowest BCUT2D eigenvalue weighted by Crippen LogP contribution is -2.32. The minimum atomic E-state index is -0.383. The van der Waals surface area contributed by atoms with Crippen LogP contribution in [-0.2, 0) is 9.59 Å². The molecule has 0 fully saturated rings. The standard InChI is InChI=1S/C24H19ClN2O2/c1-15-8-13-20(16(2)14-15)26-22-21(17-9-11-18(25)12-10-17)23(28)27(24(22)29)19-6-4-3-5-7-19/h3-14,26H,1-2H3. The molecule has 0 radical (unpaired) electrons. The normalized spacial score (nSPS) is 14.0. The SMILES string of the molecule is Cc1ccc(NC2=C(c3ccc(Cl)cc3)C(=O)N(c3ccccc3)C2=O)c(C)c1. The van der Waals surface area contributed by atoms with Crippen molar-refractivity contribution < 1.29 is 9.59 Å². The number of nitrogens with zero attached hydrogens (tertiary/aromatic N) is 1. The Morgan fingerprint density at radius 1 is 0.828 bits per heavy atom. The fourth-order valence-corrected chi connectivity index (χ4v) is 3.56. The van der Waals surface area contributed by atoms with E-state index in [1.54, 1.807) is 48.5 Å². The maximum atomic E-state index is 13.3. The molecule has 0 atom stereocenters. The Bertz CT molecular complexity index is 1140. The van der Waals surface area contributed by atoms with E-state index in [4.69, 9.17) is 11.6 Å². The maximum Gasteiger partial charge on any atom is 0.282 e. The number of rotatable bonds is 4. The van der Waals surface area contributed by atoms with E-state index in [1.807, 2.05) is 38.1 Å². The van der Waals surface area contributed by atoms with Gasteiger partial charge in [0.05, 0.1) is 11.3 Å². The van der Waals surface area contributed by atoms with Gasteiger partial charge in [-0.05, 0) is 55.3 Å². The lowest BCUT2D eigenvalue weighted by atomic mass is 10.0. The Hall–Kier alpha value is -3.37. The van der Waals surface area contributed by atoms with Gasteiger partial charge in [-0.15, -0.1) is 0 Å². The number of halogens is 1. The molecule has 4 nitrogen and oxygen atoms in total. The van der Waals surface area contributed by atoms with E-state index >= 15 is 0 Å². The summed E-state index contributed by atoms with van der Waals surface area (Å²) in [7, 11) is 0. The second-order valence-corrected chi connectivity index (χ2v) is 7.42. The number of imide groups is 1. The quantitative estimate of drug-likeness (QED) is 0.598. The second-order valence-electron chi connectivity index (χ2n) is 6.98. The van der Waals surface area contributed by atoms with Crippen LogP contribution in [-0.4, -0.2) is 11.8 Å². The van der Waals surface area contributed by atoms with E-state index in [-0.39, 0.29) is 17.5 Å². The summed E-state index contributed by atoms with van der Waals surface area (Å²) in [6.07, 6.45) is 0. The summed E-state index contributed by atoms with van der Waals surface area (Å²) in [5.41, 5.74) is 4.66. The molecular formula is C24H19ClN2O2. The molecule has 0 aliphatic carbocycles. The van der Waals surface area contributed by atoms with Crippen molar-refractivity contribution in [1.82, 2.24) is 0 Å². The molecule has 1 heterocycles. The Morgan fingerprint density at radius 3 is 2.17 bits per heavy atom. The predicted octanol–water partition coefficient (Wildman–Crippen LogP) is 5.35. The minimum Gasteiger partial charge on any atom is -0.350 e. The van der Waals surface area contributed by atoms with Crippen molar-refractivity contribution >= 4 is 40.4 Å². The molecule has 1 N–H and O–H groups in total. The Kier molecular flexibility index (Phi) is 4.95. The van der Waals surface area contributed by atoms with Crippen molar-refractivity contribution in [1.29, 1.82) is 0 Å². The molecule has 0 spiro atoms. The first-order valence-electron chi connectivity index (χ1n) is 9.24. The van der Waals surface area contributed by atoms with Crippen molar-refractivity contribution in [3.63, 3.8) is 0 Å². The van der Waals surface area contributed by atoms with E-state index in [2.05, 4.69) is 5.32 Å². The highest BCUT2D eigenvalue weighted by atomic mass is 35.5. The van der Waals surface area contributed by atoms with Crippen LogP contribution in [0.5, 0.6) is 0 Å². The molecule has 0 saturated carbocycles. The van der Waals surface area contributed by atoms with Crippen LogP contribution in [0, 0.1) is 13.8 Å². The molecule has 29 heavy (non-hydrogen) atoms. The first-order chi connectivity index (χ1) is 14.0. The van der Waals surface area contributed by atoms with Crippen LogP contribution >= 0.6 is 11.6 Å². The fourth-order valence-electron chi connectivity index (χ4n) is 3.43. The number of hydrogen-bond acceptors (Lipinski definition) is 3. The Balaban J connectivity index is 1.84. The number of benzene rings is 3. The van der Waals surface area contributed by atoms with Crippen molar-refractivity contribution in [3.8, 4) is 0 Å². The van der Waals surface area contributed by atoms with Crippen LogP contribution < -0.4 is 10.2 Å². The van der Waals surface area contributed by atoms with Gasteiger partial charge in [-0.1, -0.05) is 59.6 Å². The van der Waals surface area contributed by atoms with Gasteiger partial charge in [-0.25, -0.2) is 4.90 Å². The topological polar surface area (TPSA) is 49.4 Å². The second kappa shape index (κ2) is 7.57.